The van der Waals surface area contributed by atoms with Crippen molar-refractivity contribution in [1.29, 1.82) is 0 Å². The number of benzene rings is 2. The van der Waals surface area contributed by atoms with Gasteiger partial charge in [-0.15, -0.1) is 0 Å². The SMILES string of the molecule is COc1cccc(C2CCCN2C(=O)c2ccc(N)cc2)c1. The number of hydrogen-bond donors (Lipinski definition) is 1. The number of carbonyl (C=O) groups excluding carboxylic acids is 1. The van der Waals surface area contributed by atoms with Gasteiger partial charge in [0.1, 0.15) is 5.75 Å². The van der Waals surface area contributed by atoms with Crippen LogP contribution in [0, 0.1) is 0 Å². The molecule has 2 N–H and O–H groups in total. The van der Waals surface area contributed by atoms with Crippen molar-refractivity contribution in [2.75, 3.05) is 19.4 Å². The zero-order valence-corrected chi connectivity index (χ0v) is 12.7. The van der Waals surface area contributed by atoms with E-state index < -0.39 is 0 Å². The summed E-state index contributed by atoms with van der Waals surface area (Å²) in [4.78, 5) is 14.7. The number of nitrogens with zero attached hydrogens (tertiary/aromatic N) is 1. The van der Waals surface area contributed by atoms with E-state index in [1.54, 1.807) is 31.4 Å². The van der Waals surface area contributed by atoms with Gasteiger partial charge in [0, 0.05) is 17.8 Å². The quantitative estimate of drug-likeness (QED) is 0.885. The molecule has 0 spiro atoms. The average Bonchev–Trinajstić information content (AvgIpc) is 3.04. The Morgan fingerprint density at radius 2 is 2.00 bits per heavy atom. The van der Waals surface area contributed by atoms with Crippen molar-refractivity contribution in [3.8, 4) is 5.75 Å². The van der Waals surface area contributed by atoms with Gasteiger partial charge in [0.05, 0.1) is 13.2 Å². The highest BCUT2D eigenvalue weighted by Crippen LogP contribution is 2.34. The van der Waals surface area contributed by atoms with Gasteiger partial charge in [0.15, 0.2) is 0 Å². The van der Waals surface area contributed by atoms with Gasteiger partial charge in [-0.25, -0.2) is 0 Å². The lowest BCUT2D eigenvalue weighted by Crippen LogP contribution is -2.30. The first-order valence-electron chi connectivity index (χ1n) is 7.49. The van der Waals surface area contributed by atoms with Gasteiger partial charge in [-0.3, -0.25) is 4.79 Å². The highest BCUT2D eigenvalue weighted by Gasteiger charge is 2.30. The summed E-state index contributed by atoms with van der Waals surface area (Å²) in [5, 5.41) is 0. The zero-order chi connectivity index (χ0) is 15.5. The van der Waals surface area contributed by atoms with Crippen LogP contribution in [0.2, 0.25) is 0 Å². The van der Waals surface area contributed by atoms with E-state index in [4.69, 9.17) is 10.5 Å². The fourth-order valence-corrected chi connectivity index (χ4v) is 3.00. The summed E-state index contributed by atoms with van der Waals surface area (Å²) >= 11 is 0. The van der Waals surface area contributed by atoms with Crippen LogP contribution in [0.3, 0.4) is 0 Å². The highest BCUT2D eigenvalue weighted by atomic mass is 16.5. The Morgan fingerprint density at radius 1 is 1.23 bits per heavy atom. The lowest BCUT2D eigenvalue weighted by molar-refractivity contribution is 0.0735. The minimum atomic E-state index is 0.0605. The molecule has 22 heavy (non-hydrogen) atoms. The molecule has 114 valence electrons. The van der Waals surface area contributed by atoms with Gasteiger partial charge >= 0.3 is 0 Å². The zero-order valence-electron chi connectivity index (χ0n) is 12.7. The number of hydrogen-bond acceptors (Lipinski definition) is 3. The molecular weight excluding hydrogens is 276 g/mol. The molecule has 1 unspecified atom stereocenters. The van der Waals surface area contributed by atoms with Gasteiger partial charge in [-0.05, 0) is 54.8 Å². The number of nitrogen functional groups attached to an aromatic ring is 1. The van der Waals surface area contributed by atoms with Crippen LogP contribution in [0.5, 0.6) is 5.75 Å². The van der Waals surface area contributed by atoms with Crippen molar-refractivity contribution in [3.63, 3.8) is 0 Å². The number of carbonyl (C=O) groups is 1. The van der Waals surface area contributed by atoms with E-state index in [1.165, 1.54) is 0 Å². The molecular formula is C18H20N2O2. The van der Waals surface area contributed by atoms with Crippen LogP contribution in [0.4, 0.5) is 5.69 Å². The molecule has 1 saturated heterocycles. The normalized spacial score (nSPS) is 17.5. The van der Waals surface area contributed by atoms with Crippen LogP contribution >= 0.6 is 0 Å². The summed E-state index contributed by atoms with van der Waals surface area (Å²) in [5.74, 6) is 0.884. The number of anilines is 1. The second-order valence-corrected chi connectivity index (χ2v) is 5.56. The first kappa shape index (κ1) is 14.4. The Bertz CT molecular complexity index is 667. The number of rotatable bonds is 3. The number of methoxy groups -OCH3 is 1. The molecule has 3 rings (SSSR count). The molecule has 0 aromatic heterocycles. The van der Waals surface area contributed by atoms with Crippen molar-refractivity contribution in [2.45, 2.75) is 18.9 Å². The fourth-order valence-electron chi connectivity index (χ4n) is 3.00. The summed E-state index contributed by atoms with van der Waals surface area (Å²) in [7, 11) is 1.66. The Hall–Kier alpha value is -2.49. The van der Waals surface area contributed by atoms with Gasteiger partial charge in [-0.2, -0.15) is 0 Å². The molecule has 1 atom stereocenters. The third-order valence-electron chi connectivity index (χ3n) is 4.15. The van der Waals surface area contributed by atoms with Crippen LogP contribution < -0.4 is 10.5 Å². The number of ether oxygens (including phenoxy) is 1. The van der Waals surface area contributed by atoms with E-state index in [0.717, 1.165) is 30.7 Å². The van der Waals surface area contributed by atoms with Crippen molar-refractivity contribution < 1.29 is 9.53 Å². The molecule has 1 heterocycles. The predicted molar refractivity (Wildman–Crippen MR) is 86.9 cm³/mol. The van der Waals surface area contributed by atoms with E-state index in [9.17, 15) is 4.79 Å². The van der Waals surface area contributed by atoms with Crippen molar-refractivity contribution in [2.24, 2.45) is 0 Å². The highest BCUT2D eigenvalue weighted by molar-refractivity contribution is 5.95. The molecule has 0 saturated carbocycles. The minimum Gasteiger partial charge on any atom is -0.497 e. The maximum Gasteiger partial charge on any atom is 0.254 e. The van der Waals surface area contributed by atoms with Gasteiger partial charge in [0.25, 0.3) is 5.91 Å². The molecule has 0 radical (unpaired) electrons. The second-order valence-electron chi connectivity index (χ2n) is 5.56. The number of likely N-dealkylation sites (tertiary alicyclic amines) is 1. The van der Waals surface area contributed by atoms with E-state index in [2.05, 4.69) is 6.07 Å². The van der Waals surface area contributed by atoms with Crippen molar-refractivity contribution in [3.05, 3.63) is 59.7 Å². The Kier molecular flexibility index (Phi) is 4.00. The second kappa shape index (κ2) is 6.10. The summed E-state index contributed by atoms with van der Waals surface area (Å²) in [6.07, 6.45) is 2.00. The van der Waals surface area contributed by atoms with Crippen molar-refractivity contribution in [1.82, 2.24) is 4.90 Å². The molecule has 1 aliphatic rings. The van der Waals surface area contributed by atoms with E-state index >= 15 is 0 Å². The molecule has 0 aliphatic carbocycles. The summed E-state index contributed by atoms with van der Waals surface area (Å²) in [5.41, 5.74) is 8.17. The first-order chi connectivity index (χ1) is 10.7. The van der Waals surface area contributed by atoms with Crippen LogP contribution in [-0.2, 0) is 0 Å². The number of nitrogens with two attached hydrogens (primary N) is 1. The lowest BCUT2D eigenvalue weighted by Gasteiger charge is -2.25. The molecule has 0 bridgehead atoms. The van der Waals surface area contributed by atoms with Gasteiger partial charge in [-0.1, -0.05) is 12.1 Å². The lowest BCUT2D eigenvalue weighted by atomic mass is 10.0. The predicted octanol–water partition coefficient (Wildman–Crippen LogP) is 3.25. The molecule has 1 amide bonds. The summed E-state index contributed by atoms with van der Waals surface area (Å²) < 4.78 is 5.29. The molecule has 1 fully saturated rings. The molecule has 4 heteroatoms. The van der Waals surface area contributed by atoms with Gasteiger partial charge in [0.2, 0.25) is 0 Å². The fraction of sp³-hybridized carbons (Fsp3) is 0.278. The van der Waals surface area contributed by atoms with E-state index in [1.807, 2.05) is 23.1 Å². The smallest absolute Gasteiger partial charge is 0.254 e. The molecule has 2 aromatic carbocycles. The third kappa shape index (κ3) is 2.77. The van der Waals surface area contributed by atoms with Gasteiger partial charge < -0.3 is 15.4 Å². The Morgan fingerprint density at radius 3 is 2.73 bits per heavy atom. The Balaban J connectivity index is 1.86. The average molecular weight is 296 g/mol. The van der Waals surface area contributed by atoms with Crippen LogP contribution in [0.25, 0.3) is 0 Å². The third-order valence-corrected chi connectivity index (χ3v) is 4.15. The monoisotopic (exact) mass is 296 g/mol. The maximum atomic E-state index is 12.8. The largest absolute Gasteiger partial charge is 0.497 e. The standard InChI is InChI=1S/C18H20N2O2/c1-22-16-5-2-4-14(12-16)17-6-3-11-20(17)18(21)13-7-9-15(19)10-8-13/h2,4-5,7-10,12,17H,3,6,11,19H2,1H3. The molecule has 2 aromatic rings. The van der Waals surface area contributed by atoms with Crippen LogP contribution in [0.15, 0.2) is 48.5 Å². The topological polar surface area (TPSA) is 55.6 Å². The minimum absolute atomic E-state index is 0.0605. The number of amides is 1. The van der Waals surface area contributed by atoms with Crippen molar-refractivity contribution >= 4 is 11.6 Å². The van der Waals surface area contributed by atoms with E-state index in [0.29, 0.717) is 11.3 Å². The molecule has 4 nitrogen and oxygen atoms in total. The summed E-state index contributed by atoms with van der Waals surface area (Å²) in [6, 6.07) is 15.2. The van der Waals surface area contributed by atoms with Crippen LogP contribution in [0.1, 0.15) is 34.8 Å². The molecule has 1 aliphatic heterocycles. The summed E-state index contributed by atoms with van der Waals surface area (Å²) in [6.45, 7) is 0.783. The maximum absolute atomic E-state index is 12.8. The van der Waals surface area contributed by atoms with Crippen LogP contribution in [-0.4, -0.2) is 24.5 Å². The van der Waals surface area contributed by atoms with E-state index in [-0.39, 0.29) is 11.9 Å². The Labute approximate surface area is 130 Å². The first-order valence-corrected chi connectivity index (χ1v) is 7.49.